The minimum Gasteiger partial charge on any atom is -0.490 e. The van der Waals surface area contributed by atoms with E-state index in [-0.39, 0.29) is 17.7 Å². The lowest BCUT2D eigenvalue weighted by atomic mass is 9.90. The van der Waals surface area contributed by atoms with Crippen LogP contribution in [0.2, 0.25) is 0 Å². The number of carbonyl (C=O) groups excluding carboxylic acids is 1. The Labute approximate surface area is 160 Å². The number of anilines is 1. The van der Waals surface area contributed by atoms with Gasteiger partial charge in [-0.25, -0.2) is 0 Å². The third-order valence-corrected chi connectivity index (χ3v) is 5.68. The van der Waals surface area contributed by atoms with Crippen LogP contribution in [0.4, 0.5) is 5.69 Å². The average Bonchev–Trinajstić information content (AvgIpc) is 3.33. The lowest BCUT2D eigenvalue weighted by Crippen LogP contribution is -2.28. The standard InChI is InChI=1S/C21H28N4O2/c1-25-14-15(11-23-25)19-12-22-13-20(19)21(26)24-16-7-9-18(10-8-16)27-17-5-3-2-4-6-17/h7-11,14,17,19-20,22H,2-6,12-13H2,1H3,(H,24,26)/t19-,20+/m1/s1. The van der Waals surface area contributed by atoms with Crippen molar-refractivity contribution in [3.05, 3.63) is 42.2 Å². The number of amides is 1. The quantitative estimate of drug-likeness (QED) is 0.851. The number of ether oxygens (including phenoxy) is 1. The predicted octanol–water partition coefficient (Wildman–Crippen LogP) is 3.07. The summed E-state index contributed by atoms with van der Waals surface area (Å²) in [7, 11) is 1.90. The van der Waals surface area contributed by atoms with E-state index in [2.05, 4.69) is 15.7 Å². The maximum Gasteiger partial charge on any atom is 0.229 e. The number of nitrogens with one attached hydrogen (secondary N) is 2. The predicted molar refractivity (Wildman–Crippen MR) is 105 cm³/mol. The molecule has 0 radical (unpaired) electrons. The molecule has 2 heterocycles. The topological polar surface area (TPSA) is 68.2 Å². The number of hydrogen-bond acceptors (Lipinski definition) is 4. The van der Waals surface area contributed by atoms with Gasteiger partial charge in [0.05, 0.1) is 18.2 Å². The molecule has 1 saturated heterocycles. The van der Waals surface area contributed by atoms with Crippen molar-refractivity contribution in [2.75, 3.05) is 18.4 Å². The zero-order chi connectivity index (χ0) is 18.6. The second-order valence-electron chi connectivity index (χ2n) is 7.71. The summed E-state index contributed by atoms with van der Waals surface area (Å²) >= 11 is 0. The lowest BCUT2D eigenvalue weighted by Gasteiger charge is -2.23. The summed E-state index contributed by atoms with van der Waals surface area (Å²) in [5.41, 5.74) is 1.92. The fourth-order valence-corrected chi connectivity index (χ4v) is 4.16. The Kier molecular flexibility index (Phi) is 5.43. The summed E-state index contributed by atoms with van der Waals surface area (Å²) < 4.78 is 7.85. The van der Waals surface area contributed by atoms with Crippen LogP contribution in [0.5, 0.6) is 5.75 Å². The summed E-state index contributed by atoms with van der Waals surface area (Å²) in [6.07, 6.45) is 10.3. The highest BCUT2D eigenvalue weighted by Crippen LogP contribution is 2.29. The van der Waals surface area contributed by atoms with Gasteiger partial charge in [-0.2, -0.15) is 5.10 Å². The van der Waals surface area contributed by atoms with Crippen molar-refractivity contribution in [2.24, 2.45) is 13.0 Å². The Bertz CT molecular complexity index is 765. The summed E-state index contributed by atoms with van der Waals surface area (Å²) in [5, 5.41) is 10.6. The molecule has 0 bridgehead atoms. The van der Waals surface area contributed by atoms with Gasteiger partial charge in [0.15, 0.2) is 0 Å². The van der Waals surface area contributed by atoms with Crippen LogP contribution in [-0.2, 0) is 11.8 Å². The molecular formula is C21H28N4O2. The van der Waals surface area contributed by atoms with Crippen LogP contribution < -0.4 is 15.4 Å². The Balaban J connectivity index is 1.36. The molecule has 1 saturated carbocycles. The number of aromatic nitrogens is 2. The second-order valence-corrected chi connectivity index (χ2v) is 7.71. The molecule has 6 heteroatoms. The number of aryl methyl sites for hydroxylation is 1. The minimum absolute atomic E-state index is 0.0507. The van der Waals surface area contributed by atoms with Crippen molar-refractivity contribution in [1.29, 1.82) is 0 Å². The maximum atomic E-state index is 12.8. The molecule has 0 spiro atoms. The first-order chi connectivity index (χ1) is 13.2. The van der Waals surface area contributed by atoms with Crippen LogP contribution in [0.1, 0.15) is 43.6 Å². The summed E-state index contributed by atoms with van der Waals surface area (Å²) in [6.45, 7) is 1.49. The third-order valence-electron chi connectivity index (χ3n) is 5.68. The molecule has 2 N–H and O–H groups in total. The van der Waals surface area contributed by atoms with Gasteiger partial charge in [0.2, 0.25) is 5.91 Å². The molecule has 4 rings (SSSR count). The van der Waals surface area contributed by atoms with Gasteiger partial charge in [-0.05, 0) is 55.5 Å². The molecule has 1 amide bonds. The number of hydrogen-bond donors (Lipinski definition) is 2. The second kappa shape index (κ2) is 8.13. The normalized spacial score (nSPS) is 23.3. The number of benzene rings is 1. The number of rotatable bonds is 5. The van der Waals surface area contributed by atoms with E-state index in [0.29, 0.717) is 12.6 Å². The molecule has 1 aliphatic carbocycles. The average molecular weight is 368 g/mol. The van der Waals surface area contributed by atoms with Crippen LogP contribution in [0, 0.1) is 5.92 Å². The van der Waals surface area contributed by atoms with Gasteiger partial charge in [-0.1, -0.05) is 6.42 Å². The van der Waals surface area contributed by atoms with Crippen LogP contribution in [0.25, 0.3) is 0 Å². The SMILES string of the molecule is Cn1cc([C@H]2CNC[C@@H]2C(=O)Nc2ccc(OC3CCCCC3)cc2)cn1. The summed E-state index contributed by atoms with van der Waals surface area (Å²) in [5.74, 6) is 1.01. The highest BCUT2D eigenvalue weighted by atomic mass is 16.5. The van der Waals surface area contributed by atoms with Crippen molar-refractivity contribution in [2.45, 2.75) is 44.1 Å². The largest absolute Gasteiger partial charge is 0.490 e. The van der Waals surface area contributed by atoms with E-state index in [1.165, 1.54) is 19.3 Å². The van der Waals surface area contributed by atoms with E-state index in [4.69, 9.17) is 4.74 Å². The van der Waals surface area contributed by atoms with Gasteiger partial charge in [-0.3, -0.25) is 9.48 Å². The molecule has 6 nitrogen and oxygen atoms in total. The molecule has 27 heavy (non-hydrogen) atoms. The van der Waals surface area contributed by atoms with Gasteiger partial charge in [-0.15, -0.1) is 0 Å². The van der Waals surface area contributed by atoms with E-state index >= 15 is 0 Å². The molecule has 2 aromatic rings. The van der Waals surface area contributed by atoms with Crippen molar-refractivity contribution < 1.29 is 9.53 Å². The van der Waals surface area contributed by atoms with Gasteiger partial charge in [0.1, 0.15) is 5.75 Å². The molecular weight excluding hydrogens is 340 g/mol. The zero-order valence-electron chi connectivity index (χ0n) is 15.9. The van der Waals surface area contributed by atoms with Crippen LogP contribution in [0.3, 0.4) is 0 Å². The van der Waals surface area contributed by atoms with E-state index < -0.39 is 0 Å². The van der Waals surface area contributed by atoms with Crippen LogP contribution >= 0.6 is 0 Å². The van der Waals surface area contributed by atoms with Crippen molar-refractivity contribution >= 4 is 11.6 Å². The molecule has 1 aromatic carbocycles. The molecule has 1 aromatic heterocycles. The van der Waals surface area contributed by atoms with E-state index in [1.54, 1.807) is 4.68 Å². The fourth-order valence-electron chi connectivity index (χ4n) is 4.16. The highest BCUT2D eigenvalue weighted by molar-refractivity contribution is 5.93. The van der Waals surface area contributed by atoms with Gasteiger partial charge in [0.25, 0.3) is 0 Å². The van der Waals surface area contributed by atoms with Crippen LogP contribution in [-0.4, -0.2) is 34.9 Å². The first kappa shape index (κ1) is 18.0. The summed E-state index contributed by atoms with van der Waals surface area (Å²) in [6, 6.07) is 7.76. The monoisotopic (exact) mass is 368 g/mol. The Morgan fingerprint density at radius 3 is 2.67 bits per heavy atom. The van der Waals surface area contributed by atoms with Crippen molar-refractivity contribution in [3.8, 4) is 5.75 Å². The van der Waals surface area contributed by atoms with Crippen molar-refractivity contribution in [3.63, 3.8) is 0 Å². The van der Waals surface area contributed by atoms with E-state index in [0.717, 1.165) is 36.4 Å². The minimum atomic E-state index is -0.0904. The molecule has 0 unspecified atom stereocenters. The Morgan fingerprint density at radius 2 is 1.96 bits per heavy atom. The lowest BCUT2D eigenvalue weighted by molar-refractivity contribution is -0.119. The maximum absolute atomic E-state index is 12.8. The molecule has 144 valence electrons. The fraction of sp³-hybridized carbons (Fsp3) is 0.524. The highest BCUT2D eigenvalue weighted by Gasteiger charge is 2.34. The summed E-state index contributed by atoms with van der Waals surface area (Å²) in [4.78, 5) is 12.8. The van der Waals surface area contributed by atoms with Crippen LogP contribution in [0.15, 0.2) is 36.7 Å². The molecule has 2 fully saturated rings. The van der Waals surface area contributed by atoms with E-state index in [9.17, 15) is 4.79 Å². The molecule has 1 aliphatic heterocycles. The zero-order valence-corrected chi connectivity index (χ0v) is 15.9. The first-order valence-corrected chi connectivity index (χ1v) is 9.96. The van der Waals surface area contributed by atoms with Gasteiger partial charge < -0.3 is 15.4 Å². The number of nitrogens with zero attached hydrogens (tertiary/aromatic N) is 2. The van der Waals surface area contributed by atoms with Gasteiger partial charge in [0, 0.05) is 37.9 Å². The van der Waals surface area contributed by atoms with Gasteiger partial charge >= 0.3 is 0 Å². The molecule has 2 aliphatic rings. The number of carbonyl (C=O) groups is 1. The third kappa shape index (κ3) is 4.33. The first-order valence-electron chi connectivity index (χ1n) is 9.96. The van der Waals surface area contributed by atoms with E-state index in [1.807, 2.05) is 43.7 Å². The Morgan fingerprint density at radius 1 is 1.19 bits per heavy atom. The molecule has 2 atom stereocenters. The Hall–Kier alpha value is -2.34. The smallest absolute Gasteiger partial charge is 0.229 e. The van der Waals surface area contributed by atoms with Crippen molar-refractivity contribution in [1.82, 2.24) is 15.1 Å².